The van der Waals surface area contributed by atoms with E-state index in [1.54, 1.807) is 0 Å². The molecule has 0 bridgehead atoms. The molecule has 0 aliphatic heterocycles. The Bertz CT molecular complexity index is 458. The minimum atomic E-state index is -2.00. The predicted octanol–water partition coefficient (Wildman–Crippen LogP) is 4.54. The molecule has 0 spiro atoms. The molecule has 0 aliphatic rings. The maximum atomic E-state index is 12.2. The maximum absolute atomic E-state index is 12.2. The molecule has 0 aliphatic carbocycles. The largest absolute Gasteiger partial charge is 0.519 e. The first kappa shape index (κ1) is 25.4. The van der Waals surface area contributed by atoms with Crippen LogP contribution in [-0.4, -0.2) is 39.4 Å². The fourth-order valence-corrected chi connectivity index (χ4v) is 7.39. The molecule has 0 fully saturated rings. The highest BCUT2D eigenvalue weighted by molar-refractivity contribution is 6.75. The van der Waals surface area contributed by atoms with Crippen molar-refractivity contribution in [1.29, 1.82) is 0 Å². The van der Waals surface area contributed by atoms with Gasteiger partial charge in [-0.05, 0) is 31.0 Å². The van der Waals surface area contributed by atoms with Gasteiger partial charge >= 0.3 is 11.9 Å². The van der Waals surface area contributed by atoms with Crippen molar-refractivity contribution in [2.24, 2.45) is 0 Å². The van der Waals surface area contributed by atoms with Crippen LogP contribution in [-0.2, 0) is 28.3 Å². The molecular formula is C20H36O6Si. The van der Waals surface area contributed by atoms with E-state index < -0.39 is 20.3 Å². The van der Waals surface area contributed by atoms with Crippen molar-refractivity contribution in [2.75, 3.05) is 13.2 Å². The van der Waals surface area contributed by atoms with Gasteiger partial charge in [0, 0.05) is 18.6 Å². The van der Waals surface area contributed by atoms with E-state index in [0.29, 0.717) is 13.0 Å². The van der Waals surface area contributed by atoms with Gasteiger partial charge in [0.05, 0.1) is 13.2 Å². The third-order valence-electron chi connectivity index (χ3n) is 4.02. The van der Waals surface area contributed by atoms with Crippen molar-refractivity contribution in [2.45, 2.75) is 84.4 Å². The van der Waals surface area contributed by atoms with E-state index in [0.717, 1.165) is 56.0 Å². The summed E-state index contributed by atoms with van der Waals surface area (Å²) in [6.45, 7) is 8.71. The normalized spacial score (nSPS) is 11.4. The first-order valence-electron chi connectivity index (χ1n) is 10.2. The summed E-state index contributed by atoms with van der Waals surface area (Å²) in [5.74, 6) is -1.38. The van der Waals surface area contributed by atoms with E-state index >= 15 is 0 Å². The van der Waals surface area contributed by atoms with Gasteiger partial charge in [-0.1, -0.05) is 47.0 Å². The van der Waals surface area contributed by atoms with Crippen LogP contribution < -0.4 is 0 Å². The summed E-state index contributed by atoms with van der Waals surface area (Å²) >= 11 is 0. The first-order chi connectivity index (χ1) is 12.9. The predicted molar refractivity (Wildman–Crippen MR) is 108 cm³/mol. The molecule has 27 heavy (non-hydrogen) atoms. The van der Waals surface area contributed by atoms with E-state index in [-0.39, 0.29) is 19.0 Å². The van der Waals surface area contributed by atoms with Gasteiger partial charge in [-0.3, -0.25) is 4.79 Å². The van der Waals surface area contributed by atoms with Crippen molar-refractivity contribution in [3.63, 3.8) is 0 Å². The van der Waals surface area contributed by atoms with Gasteiger partial charge in [0.2, 0.25) is 0 Å². The molecule has 0 amide bonds. The molecule has 0 radical (unpaired) electrons. The lowest BCUT2D eigenvalue weighted by Crippen LogP contribution is -2.40. The molecule has 0 atom stereocenters. The van der Waals surface area contributed by atoms with Gasteiger partial charge in [-0.15, -0.1) is 0 Å². The van der Waals surface area contributed by atoms with Gasteiger partial charge in [0.1, 0.15) is 0 Å². The van der Waals surface area contributed by atoms with Gasteiger partial charge in [-0.25, -0.2) is 9.59 Å². The van der Waals surface area contributed by atoms with E-state index in [2.05, 4.69) is 20.8 Å². The first-order valence-corrected chi connectivity index (χ1v) is 12.7. The quantitative estimate of drug-likeness (QED) is 0.174. The number of hydrogen-bond acceptors (Lipinski definition) is 6. The Balaban J connectivity index is 4.24. The molecule has 0 aromatic rings. The molecular weight excluding hydrogens is 364 g/mol. The molecule has 0 aromatic heterocycles. The van der Waals surface area contributed by atoms with Crippen LogP contribution >= 0.6 is 0 Å². The molecule has 0 heterocycles. The topological polar surface area (TPSA) is 78.9 Å². The number of hydrogen-bond donors (Lipinski definition) is 0. The number of esters is 2. The second-order valence-electron chi connectivity index (χ2n) is 6.68. The van der Waals surface area contributed by atoms with Crippen molar-refractivity contribution in [1.82, 2.24) is 0 Å². The van der Waals surface area contributed by atoms with Crippen LogP contribution in [0.2, 0.25) is 18.1 Å². The van der Waals surface area contributed by atoms with E-state index in [4.69, 9.17) is 13.9 Å². The number of carbonyl (C=O) groups is 3. The third-order valence-corrected chi connectivity index (χ3v) is 8.92. The second-order valence-corrected chi connectivity index (χ2v) is 10.7. The Hall–Kier alpha value is -1.63. The lowest BCUT2D eigenvalue weighted by atomic mass is 10.3. The van der Waals surface area contributed by atoms with Gasteiger partial charge in [0.25, 0.3) is 14.3 Å². The van der Waals surface area contributed by atoms with Gasteiger partial charge < -0.3 is 13.9 Å². The fraction of sp³-hybridized carbons (Fsp3) is 0.750. The Morgan fingerprint density at radius 3 is 1.67 bits per heavy atom. The number of ether oxygens (including phenoxy) is 2. The van der Waals surface area contributed by atoms with E-state index in [1.165, 1.54) is 0 Å². The third kappa shape index (κ3) is 12.4. The van der Waals surface area contributed by atoms with Crippen LogP contribution in [0.15, 0.2) is 12.2 Å². The summed E-state index contributed by atoms with van der Waals surface area (Å²) < 4.78 is 15.8. The molecule has 7 heteroatoms. The summed E-state index contributed by atoms with van der Waals surface area (Å²) in [6.07, 6.45) is 6.55. The second kappa shape index (κ2) is 15.4. The van der Waals surface area contributed by atoms with Crippen molar-refractivity contribution in [3.8, 4) is 0 Å². The van der Waals surface area contributed by atoms with Crippen LogP contribution in [0.3, 0.4) is 0 Å². The zero-order valence-electron chi connectivity index (χ0n) is 17.4. The van der Waals surface area contributed by atoms with E-state index in [1.807, 2.05) is 6.92 Å². The highest BCUT2D eigenvalue weighted by Crippen LogP contribution is 2.28. The minimum absolute atomic E-state index is 0.117. The zero-order chi connectivity index (χ0) is 20.5. The average Bonchev–Trinajstić information content (AvgIpc) is 2.62. The molecule has 6 nitrogen and oxygen atoms in total. The standard InChI is InChI=1S/C20H36O6Si/c1-5-13-24-18(21)11-12-19(22)25-14-9-10-20(23)26-27(15-6-2,16-7-3)17-8-4/h11-12H,5-10,13-17H2,1-4H3/b12-11+. The highest BCUT2D eigenvalue weighted by atomic mass is 28.4. The monoisotopic (exact) mass is 400 g/mol. The van der Waals surface area contributed by atoms with Crippen molar-refractivity contribution < 1.29 is 28.3 Å². The molecule has 156 valence electrons. The summed E-state index contributed by atoms with van der Waals surface area (Å²) in [5.41, 5.74) is 0. The summed E-state index contributed by atoms with van der Waals surface area (Å²) in [5, 5.41) is 0. The highest BCUT2D eigenvalue weighted by Gasteiger charge is 2.35. The Kier molecular flexibility index (Phi) is 14.5. The molecule has 0 rings (SSSR count). The van der Waals surface area contributed by atoms with E-state index in [9.17, 15) is 14.4 Å². The lowest BCUT2D eigenvalue weighted by molar-refractivity contribution is -0.141. The zero-order valence-corrected chi connectivity index (χ0v) is 18.4. The molecule has 0 aromatic carbocycles. The smallest absolute Gasteiger partial charge is 0.331 e. The van der Waals surface area contributed by atoms with Crippen LogP contribution in [0.1, 0.15) is 66.2 Å². The Morgan fingerprint density at radius 2 is 1.22 bits per heavy atom. The number of rotatable bonds is 15. The summed E-state index contributed by atoms with van der Waals surface area (Å²) in [4.78, 5) is 35.0. The van der Waals surface area contributed by atoms with Crippen LogP contribution in [0, 0.1) is 0 Å². The Labute approximate surface area is 164 Å². The SMILES string of the molecule is CCCOC(=O)/C=C/C(=O)OCCCC(=O)O[Si](CCC)(CCC)CCC. The number of carbonyl (C=O) groups excluding carboxylic acids is 3. The molecule has 0 N–H and O–H groups in total. The van der Waals surface area contributed by atoms with Crippen LogP contribution in [0.4, 0.5) is 0 Å². The van der Waals surface area contributed by atoms with Crippen molar-refractivity contribution >= 4 is 26.2 Å². The minimum Gasteiger partial charge on any atom is -0.519 e. The molecule has 0 saturated carbocycles. The van der Waals surface area contributed by atoms with Gasteiger partial charge in [0.15, 0.2) is 0 Å². The summed E-state index contributed by atoms with van der Waals surface area (Å²) in [7, 11) is -2.00. The molecule has 0 unspecified atom stereocenters. The fourth-order valence-electron chi connectivity index (χ4n) is 3.01. The van der Waals surface area contributed by atoms with Gasteiger partial charge in [-0.2, -0.15) is 0 Å². The van der Waals surface area contributed by atoms with Crippen LogP contribution in [0.5, 0.6) is 0 Å². The summed E-state index contributed by atoms with van der Waals surface area (Å²) in [6, 6.07) is 3.02. The molecule has 0 saturated heterocycles. The lowest BCUT2D eigenvalue weighted by Gasteiger charge is -2.30. The maximum Gasteiger partial charge on any atom is 0.331 e. The Morgan fingerprint density at radius 1 is 0.741 bits per heavy atom. The van der Waals surface area contributed by atoms with Crippen molar-refractivity contribution in [3.05, 3.63) is 12.2 Å². The average molecular weight is 401 g/mol. The van der Waals surface area contributed by atoms with Crippen LogP contribution in [0.25, 0.3) is 0 Å².